The van der Waals surface area contributed by atoms with Crippen molar-refractivity contribution in [3.63, 3.8) is 0 Å². The van der Waals surface area contributed by atoms with Crippen LogP contribution in [0, 0.1) is 5.41 Å². The standard InChI is InChI=1S/C13H15ClN2O2S/c1-18-8-3-4-9(14)10(7-8)16-12(17)13(11(15)19)5-2-6-13/h3-4,7H,2,5-6H2,1H3,(H2,15,19)(H,16,17). The molecule has 0 radical (unpaired) electrons. The van der Waals surface area contributed by atoms with Gasteiger partial charge in [-0.3, -0.25) is 4.79 Å². The van der Waals surface area contributed by atoms with Crippen molar-refractivity contribution in [3.8, 4) is 5.75 Å². The Hall–Kier alpha value is -1.33. The molecule has 0 unspecified atom stereocenters. The average molecular weight is 299 g/mol. The number of amides is 1. The number of carbonyl (C=O) groups is 1. The summed E-state index contributed by atoms with van der Waals surface area (Å²) < 4.78 is 5.10. The molecule has 1 fully saturated rings. The second-order valence-electron chi connectivity index (χ2n) is 4.60. The van der Waals surface area contributed by atoms with Crippen molar-refractivity contribution in [1.82, 2.24) is 0 Å². The third kappa shape index (κ3) is 2.53. The van der Waals surface area contributed by atoms with Gasteiger partial charge >= 0.3 is 0 Å². The summed E-state index contributed by atoms with van der Waals surface area (Å²) in [6.07, 6.45) is 2.34. The zero-order valence-electron chi connectivity index (χ0n) is 10.5. The van der Waals surface area contributed by atoms with Gasteiger partial charge in [0.1, 0.15) is 5.75 Å². The normalized spacial score (nSPS) is 16.3. The van der Waals surface area contributed by atoms with Crippen LogP contribution in [0.5, 0.6) is 5.75 Å². The zero-order chi connectivity index (χ0) is 14.0. The minimum atomic E-state index is -0.720. The molecule has 1 aromatic carbocycles. The smallest absolute Gasteiger partial charge is 0.237 e. The van der Waals surface area contributed by atoms with Crippen molar-refractivity contribution in [3.05, 3.63) is 23.2 Å². The molecule has 0 atom stereocenters. The minimum absolute atomic E-state index is 0.193. The van der Waals surface area contributed by atoms with E-state index in [0.29, 0.717) is 29.3 Å². The highest BCUT2D eigenvalue weighted by molar-refractivity contribution is 7.80. The van der Waals surface area contributed by atoms with Gasteiger partial charge in [0, 0.05) is 6.07 Å². The Labute approximate surface area is 122 Å². The molecular formula is C13H15ClN2O2S. The van der Waals surface area contributed by atoms with Crippen LogP contribution in [0.1, 0.15) is 19.3 Å². The maximum absolute atomic E-state index is 12.3. The number of nitrogens with two attached hydrogens (primary N) is 1. The predicted molar refractivity (Wildman–Crippen MR) is 79.7 cm³/mol. The first kappa shape index (κ1) is 14.1. The summed E-state index contributed by atoms with van der Waals surface area (Å²) in [6.45, 7) is 0. The number of anilines is 1. The Kier molecular flexibility index (Phi) is 3.96. The van der Waals surface area contributed by atoms with Gasteiger partial charge < -0.3 is 15.8 Å². The lowest BCUT2D eigenvalue weighted by Gasteiger charge is -2.39. The Bertz CT molecular complexity index is 529. The van der Waals surface area contributed by atoms with Crippen LogP contribution in [0.15, 0.2) is 18.2 Å². The molecule has 1 saturated carbocycles. The number of rotatable bonds is 4. The third-order valence-electron chi connectivity index (χ3n) is 3.54. The van der Waals surface area contributed by atoms with Crippen molar-refractivity contribution in [2.45, 2.75) is 19.3 Å². The Morgan fingerprint density at radius 1 is 1.53 bits per heavy atom. The number of halogens is 1. The van der Waals surface area contributed by atoms with Gasteiger partial charge in [0.2, 0.25) is 5.91 Å². The number of methoxy groups -OCH3 is 1. The molecule has 0 heterocycles. The van der Waals surface area contributed by atoms with Gasteiger partial charge in [-0.05, 0) is 25.0 Å². The second-order valence-corrected chi connectivity index (χ2v) is 5.45. The van der Waals surface area contributed by atoms with Crippen molar-refractivity contribution >= 4 is 40.4 Å². The number of carbonyl (C=O) groups excluding carboxylic acids is 1. The molecule has 0 aliphatic heterocycles. The van der Waals surface area contributed by atoms with Crippen LogP contribution in [0.25, 0.3) is 0 Å². The van der Waals surface area contributed by atoms with Gasteiger partial charge in [0.05, 0.1) is 28.2 Å². The Morgan fingerprint density at radius 3 is 2.68 bits per heavy atom. The molecule has 1 aliphatic carbocycles. The topological polar surface area (TPSA) is 64.3 Å². The number of hydrogen-bond donors (Lipinski definition) is 2. The maximum atomic E-state index is 12.3. The summed E-state index contributed by atoms with van der Waals surface area (Å²) in [7, 11) is 1.55. The van der Waals surface area contributed by atoms with Crippen LogP contribution in [-0.4, -0.2) is 18.0 Å². The lowest BCUT2D eigenvalue weighted by Crippen LogP contribution is -2.50. The van der Waals surface area contributed by atoms with Crippen molar-refractivity contribution in [1.29, 1.82) is 0 Å². The van der Waals surface area contributed by atoms with Crippen LogP contribution >= 0.6 is 23.8 Å². The van der Waals surface area contributed by atoms with Crippen molar-refractivity contribution < 1.29 is 9.53 Å². The molecule has 102 valence electrons. The van der Waals surface area contributed by atoms with E-state index in [1.807, 2.05) is 0 Å². The highest BCUT2D eigenvalue weighted by Gasteiger charge is 2.47. The fraction of sp³-hybridized carbons (Fsp3) is 0.385. The molecule has 3 N–H and O–H groups in total. The summed E-state index contributed by atoms with van der Waals surface area (Å²) in [5, 5.41) is 3.24. The van der Waals surface area contributed by atoms with Gasteiger partial charge in [-0.25, -0.2) is 0 Å². The SMILES string of the molecule is COc1ccc(Cl)c(NC(=O)C2(C(N)=S)CCC2)c1. The Morgan fingerprint density at radius 2 is 2.21 bits per heavy atom. The highest BCUT2D eigenvalue weighted by atomic mass is 35.5. The summed E-state index contributed by atoms with van der Waals surface area (Å²) >= 11 is 11.1. The number of hydrogen-bond acceptors (Lipinski definition) is 3. The van der Waals surface area contributed by atoms with Gasteiger partial charge in [-0.2, -0.15) is 0 Å². The molecule has 19 heavy (non-hydrogen) atoms. The number of thiocarbonyl (C=S) groups is 1. The maximum Gasteiger partial charge on any atom is 0.237 e. The molecular weight excluding hydrogens is 284 g/mol. The van der Waals surface area contributed by atoms with Crippen LogP contribution in [0.4, 0.5) is 5.69 Å². The highest BCUT2D eigenvalue weighted by Crippen LogP contribution is 2.42. The number of ether oxygens (including phenoxy) is 1. The third-order valence-corrected chi connectivity index (χ3v) is 4.26. The van der Waals surface area contributed by atoms with Crippen LogP contribution in [-0.2, 0) is 4.79 Å². The van der Waals surface area contributed by atoms with E-state index >= 15 is 0 Å². The van der Waals surface area contributed by atoms with Gasteiger partial charge in [0.25, 0.3) is 0 Å². The first-order chi connectivity index (χ1) is 8.99. The van der Waals surface area contributed by atoms with Crippen molar-refractivity contribution in [2.75, 3.05) is 12.4 Å². The number of nitrogens with one attached hydrogen (secondary N) is 1. The lowest BCUT2D eigenvalue weighted by molar-refractivity contribution is -0.125. The quantitative estimate of drug-likeness (QED) is 0.839. The summed E-state index contributed by atoms with van der Waals surface area (Å²) in [6, 6.07) is 5.07. The summed E-state index contributed by atoms with van der Waals surface area (Å²) in [4.78, 5) is 12.6. The molecule has 0 spiro atoms. The largest absolute Gasteiger partial charge is 0.497 e. The van der Waals surface area contributed by atoms with Gasteiger partial charge in [-0.1, -0.05) is 30.2 Å². The van der Waals surface area contributed by atoms with E-state index < -0.39 is 5.41 Å². The van der Waals surface area contributed by atoms with Crippen LogP contribution < -0.4 is 15.8 Å². The predicted octanol–water partition coefficient (Wildman–Crippen LogP) is 2.74. The van der Waals surface area contributed by atoms with Gasteiger partial charge in [-0.15, -0.1) is 0 Å². The molecule has 1 aromatic rings. The molecule has 1 amide bonds. The average Bonchev–Trinajstić information content (AvgIpc) is 2.30. The molecule has 0 saturated heterocycles. The van der Waals surface area contributed by atoms with E-state index in [9.17, 15) is 4.79 Å². The van der Waals surface area contributed by atoms with Crippen molar-refractivity contribution in [2.24, 2.45) is 11.1 Å². The molecule has 2 rings (SSSR count). The van der Waals surface area contributed by atoms with E-state index in [1.54, 1.807) is 25.3 Å². The van der Waals surface area contributed by atoms with Crippen LogP contribution in [0.3, 0.4) is 0 Å². The van der Waals surface area contributed by atoms with E-state index in [-0.39, 0.29) is 10.9 Å². The molecule has 4 nitrogen and oxygen atoms in total. The summed E-state index contributed by atoms with van der Waals surface area (Å²) in [5.74, 6) is 0.430. The first-order valence-corrected chi connectivity index (χ1v) is 6.73. The molecule has 1 aliphatic rings. The van der Waals surface area contributed by atoms with E-state index in [0.717, 1.165) is 6.42 Å². The molecule has 0 aromatic heterocycles. The van der Waals surface area contributed by atoms with Gasteiger partial charge in [0.15, 0.2) is 0 Å². The fourth-order valence-corrected chi connectivity index (χ4v) is 2.55. The van der Waals surface area contributed by atoms with E-state index in [2.05, 4.69) is 5.32 Å². The molecule has 6 heteroatoms. The number of benzene rings is 1. The van der Waals surface area contributed by atoms with E-state index in [1.165, 1.54) is 0 Å². The zero-order valence-corrected chi connectivity index (χ0v) is 12.1. The first-order valence-electron chi connectivity index (χ1n) is 5.94. The minimum Gasteiger partial charge on any atom is -0.497 e. The lowest BCUT2D eigenvalue weighted by atomic mass is 9.68. The summed E-state index contributed by atoms with van der Waals surface area (Å²) in [5.41, 5.74) is 5.48. The van der Waals surface area contributed by atoms with Crippen LogP contribution in [0.2, 0.25) is 5.02 Å². The monoisotopic (exact) mass is 298 g/mol. The second kappa shape index (κ2) is 5.35. The fourth-order valence-electron chi connectivity index (χ4n) is 2.08. The Balaban J connectivity index is 2.21. The van der Waals surface area contributed by atoms with E-state index in [4.69, 9.17) is 34.3 Å². The molecule has 0 bridgehead atoms.